The highest BCUT2D eigenvalue weighted by molar-refractivity contribution is 5.60. The molecule has 0 bridgehead atoms. The summed E-state index contributed by atoms with van der Waals surface area (Å²) in [5, 5.41) is 0. The molecule has 2 aromatic carbocycles. The molecule has 0 unspecified atom stereocenters. The van der Waals surface area contributed by atoms with E-state index in [2.05, 4.69) is 56.8 Å². The summed E-state index contributed by atoms with van der Waals surface area (Å²) < 4.78 is 2.22. The fourth-order valence-corrected chi connectivity index (χ4v) is 4.46. The van der Waals surface area contributed by atoms with Crippen LogP contribution < -0.4 is 0 Å². The summed E-state index contributed by atoms with van der Waals surface area (Å²) in [4.78, 5) is 16.5. The average Bonchev–Trinajstić information content (AvgIpc) is 3.22. The third kappa shape index (κ3) is 4.28. The molecule has 31 heavy (non-hydrogen) atoms. The molecule has 1 saturated heterocycles. The van der Waals surface area contributed by atoms with Crippen LogP contribution in [0.4, 0.5) is 0 Å². The zero-order chi connectivity index (χ0) is 21.0. The molecule has 5 nitrogen and oxygen atoms in total. The highest BCUT2D eigenvalue weighted by Gasteiger charge is 2.24. The van der Waals surface area contributed by atoms with Crippen LogP contribution in [-0.4, -0.2) is 37.5 Å². The number of hydrogen-bond donors (Lipinski definition) is 0. The minimum atomic E-state index is 0.496. The van der Waals surface area contributed by atoms with Crippen LogP contribution in [0.25, 0.3) is 22.6 Å². The Morgan fingerprint density at radius 2 is 1.42 bits per heavy atom. The summed E-state index contributed by atoms with van der Waals surface area (Å²) in [5.41, 5.74) is 4.49. The average molecular weight is 410 g/mol. The van der Waals surface area contributed by atoms with Crippen LogP contribution >= 0.6 is 0 Å². The number of piperidine rings is 1. The number of benzene rings is 2. The molecule has 0 aliphatic carbocycles. The molecule has 3 heterocycles. The van der Waals surface area contributed by atoms with Crippen molar-refractivity contribution < 1.29 is 0 Å². The van der Waals surface area contributed by atoms with Gasteiger partial charge >= 0.3 is 0 Å². The van der Waals surface area contributed by atoms with Crippen LogP contribution in [0.15, 0.2) is 79.3 Å². The second-order valence-corrected chi connectivity index (χ2v) is 8.26. The van der Waals surface area contributed by atoms with Crippen LogP contribution in [0.3, 0.4) is 0 Å². The maximum atomic E-state index is 4.79. The highest BCUT2D eigenvalue weighted by atomic mass is 15.1. The Hall–Kier alpha value is -3.31. The zero-order valence-electron chi connectivity index (χ0n) is 17.9. The van der Waals surface area contributed by atoms with Gasteiger partial charge in [-0.2, -0.15) is 0 Å². The molecule has 0 spiro atoms. The van der Waals surface area contributed by atoms with E-state index in [-0.39, 0.29) is 0 Å². The fourth-order valence-electron chi connectivity index (χ4n) is 4.46. The number of aromatic nitrogens is 4. The molecule has 0 N–H and O–H groups in total. The van der Waals surface area contributed by atoms with Crippen LogP contribution in [-0.2, 0) is 13.6 Å². The third-order valence-corrected chi connectivity index (χ3v) is 6.21. The predicted octanol–water partition coefficient (Wildman–Crippen LogP) is 4.92. The lowest BCUT2D eigenvalue weighted by Gasteiger charge is -2.31. The van der Waals surface area contributed by atoms with Crippen molar-refractivity contribution in [2.75, 3.05) is 13.1 Å². The normalized spacial score (nSPS) is 15.3. The van der Waals surface area contributed by atoms with Crippen LogP contribution in [0.5, 0.6) is 0 Å². The Labute approximate surface area is 183 Å². The summed E-state index contributed by atoms with van der Waals surface area (Å²) in [7, 11) is 2.11. The molecule has 1 fully saturated rings. The highest BCUT2D eigenvalue weighted by Crippen LogP contribution is 2.30. The molecule has 1 aliphatic heterocycles. The van der Waals surface area contributed by atoms with E-state index < -0.39 is 0 Å². The maximum Gasteiger partial charge on any atom is 0.159 e. The van der Waals surface area contributed by atoms with E-state index in [9.17, 15) is 0 Å². The number of nitrogens with zero attached hydrogens (tertiary/aromatic N) is 5. The maximum absolute atomic E-state index is 4.79. The summed E-state index contributed by atoms with van der Waals surface area (Å²) in [6.07, 6.45) is 8.05. The van der Waals surface area contributed by atoms with Crippen molar-refractivity contribution in [1.82, 2.24) is 24.4 Å². The van der Waals surface area contributed by atoms with Gasteiger partial charge in [0.25, 0.3) is 0 Å². The van der Waals surface area contributed by atoms with Crippen LogP contribution in [0.1, 0.15) is 30.1 Å². The van der Waals surface area contributed by atoms with E-state index in [1.807, 2.05) is 48.9 Å². The van der Waals surface area contributed by atoms with Gasteiger partial charge in [-0.25, -0.2) is 15.0 Å². The van der Waals surface area contributed by atoms with E-state index in [0.29, 0.717) is 5.92 Å². The minimum Gasteiger partial charge on any atom is -0.331 e. The second kappa shape index (κ2) is 8.82. The van der Waals surface area contributed by atoms with Crippen molar-refractivity contribution in [2.45, 2.75) is 25.3 Å². The van der Waals surface area contributed by atoms with Gasteiger partial charge in [-0.05, 0) is 31.5 Å². The first-order valence-electron chi connectivity index (χ1n) is 10.9. The molecular formula is C26H27N5. The summed E-state index contributed by atoms with van der Waals surface area (Å²) >= 11 is 0. The molecule has 4 aromatic rings. The Bertz CT molecular complexity index is 1110. The van der Waals surface area contributed by atoms with Gasteiger partial charge in [0, 0.05) is 43.0 Å². The van der Waals surface area contributed by atoms with E-state index in [1.165, 1.54) is 11.4 Å². The predicted molar refractivity (Wildman–Crippen MR) is 123 cm³/mol. The molecule has 0 saturated carbocycles. The molecule has 0 radical (unpaired) electrons. The van der Waals surface area contributed by atoms with E-state index in [4.69, 9.17) is 4.98 Å². The summed E-state index contributed by atoms with van der Waals surface area (Å²) in [6.45, 7) is 3.25. The Morgan fingerprint density at radius 3 is 2.10 bits per heavy atom. The number of hydrogen-bond acceptors (Lipinski definition) is 4. The van der Waals surface area contributed by atoms with Crippen molar-refractivity contribution >= 4 is 0 Å². The third-order valence-electron chi connectivity index (χ3n) is 6.21. The van der Waals surface area contributed by atoms with E-state index in [1.54, 1.807) is 0 Å². The molecular weight excluding hydrogens is 382 g/mol. The summed E-state index contributed by atoms with van der Waals surface area (Å²) in [5.74, 6) is 2.41. The smallest absolute Gasteiger partial charge is 0.159 e. The van der Waals surface area contributed by atoms with Gasteiger partial charge in [0.05, 0.1) is 11.9 Å². The van der Waals surface area contributed by atoms with Crippen molar-refractivity contribution in [3.63, 3.8) is 0 Å². The lowest BCUT2D eigenvalue weighted by Crippen LogP contribution is -2.33. The standard InChI is InChI=1S/C26H27N5/c1-30-24(23-16-27-25(28-17-23)21-10-6-3-7-11-21)18-29-26(30)22-12-14-31(15-13-22)19-20-8-4-2-5-9-20/h2-11,16-18,22H,12-15,19H2,1H3. The number of imidazole rings is 1. The van der Waals surface area contributed by atoms with Gasteiger partial charge in [-0.1, -0.05) is 60.7 Å². The summed E-state index contributed by atoms with van der Waals surface area (Å²) in [6, 6.07) is 20.8. The second-order valence-electron chi connectivity index (χ2n) is 8.26. The first kappa shape index (κ1) is 19.6. The molecule has 156 valence electrons. The topological polar surface area (TPSA) is 46.8 Å². The quantitative estimate of drug-likeness (QED) is 0.469. The van der Waals surface area contributed by atoms with E-state index in [0.717, 1.165) is 55.1 Å². The molecule has 1 aliphatic rings. The Balaban J connectivity index is 1.26. The largest absolute Gasteiger partial charge is 0.331 e. The Kier molecular flexibility index (Phi) is 5.59. The van der Waals surface area contributed by atoms with Crippen LogP contribution in [0.2, 0.25) is 0 Å². The van der Waals surface area contributed by atoms with Crippen molar-refractivity contribution in [2.24, 2.45) is 7.05 Å². The number of rotatable bonds is 5. The molecule has 2 aromatic heterocycles. The molecule has 5 heteroatoms. The van der Waals surface area contributed by atoms with Crippen molar-refractivity contribution in [1.29, 1.82) is 0 Å². The van der Waals surface area contributed by atoms with Gasteiger partial charge in [0.15, 0.2) is 5.82 Å². The first-order valence-corrected chi connectivity index (χ1v) is 10.9. The van der Waals surface area contributed by atoms with Gasteiger partial charge in [-0.15, -0.1) is 0 Å². The Morgan fingerprint density at radius 1 is 0.774 bits per heavy atom. The van der Waals surface area contributed by atoms with Crippen molar-refractivity contribution in [3.8, 4) is 22.6 Å². The van der Waals surface area contributed by atoms with Gasteiger partial charge in [0.1, 0.15) is 5.82 Å². The number of likely N-dealkylation sites (tertiary alicyclic amines) is 1. The van der Waals surface area contributed by atoms with Crippen molar-refractivity contribution in [3.05, 3.63) is 90.6 Å². The lowest BCUT2D eigenvalue weighted by molar-refractivity contribution is 0.200. The minimum absolute atomic E-state index is 0.496. The first-order chi connectivity index (χ1) is 15.3. The van der Waals surface area contributed by atoms with Crippen LogP contribution in [0, 0.1) is 0 Å². The zero-order valence-corrected chi connectivity index (χ0v) is 17.9. The van der Waals surface area contributed by atoms with Gasteiger partial charge in [-0.3, -0.25) is 4.90 Å². The van der Waals surface area contributed by atoms with E-state index >= 15 is 0 Å². The monoisotopic (exact) mass is 409 g/mol. The molecule has 5 rings (SSSR count). The van der Waals surface area contributed by atoms with Gasteiger partial charge < -0.3 is 4.57 Å². The SMILES string of the molecule is Cn1c(-c2cnc(-c3ccccc3)nc2)cnc1C1CCN(Cc2ccccc2)CC1. The molecule has 0 amide bonds. The lowest BCUT2D eigenvalue weighted by atomic mass is 9.95. The fraction of sp³-hybridized carbons (Fsp3) is 0.269. The van der Waals surface area contributed by atoms with Gasteiger partial charge in [0.2, 0.25) is 0 Å². The molecule has 0 atom stereocenters.